The lowest BCUT2D eigenvalue weighted by Crippen LogP contribution is -2.51. The number of hydrogen-bond acceptors (Lipinski definition) is 4. The predicted molar refractivity (Wildman–Crippen MR) is 99.1 cm³/mol. The van der Waals surface area contributed by atoms with Crippen LogP contribution in [0.2, 0.25) is 0 Å². The minimum absolute atomic E-state index is 0.136. The van der Waals surface area contributed by atoms with Gasteiger partial charge < -0.3 is 14.8 Å². The number of aromatic amines is 1. The predicted octanol–water partition coefficient (Wildman–Crippen LogP) is 1.95. The van der Waals surface area contributed by atoms with E-state index >= 15 is 0 Å². The average molecular weight is 348 g/mol. The molecule has 1 amide bonds. The van der Waals surface area contributed by atoms with Crippen molar-refractivity contribution in [3.63, 3.8) is 0 Å². The largest absolute Gasteiger partial charge is 0.347 e. The Morgan fingerprint density at radius 3 is 2.72 bits per heavy atom. The normalized spacial score (nSPS) is 23.9. The average Bonchev–Trinajstić information content (AvgIpc) is 3.14. The van der Waals surface area contributed by atoms with Crippen LogP contribution in [0.5, 0.6) is 0 Å². The van der Waals surface area contributed by atoms with Crippen molar-refractivity contribution in [3.8, 4) is 0 Å². The van der Waals surface area contributed by atoms with Crippen LogP contribution in [-0.2, 0) is 11.3 Å². The van der Waals surface area contributed by atoms with E-state index in [1.165, 1.54) is 25.9 Å². The summed E-state index contributed by atoms with van der Waals surface area (Å²) in [5.41, 5.74) is 0. The van der Waals surface area contributed by atoms with Crippen LogP contribution in [0.1, 0.15) is 45.4 Å². The Morgan fingerprint density at radius 2 is 2.08 bits per heavy atom. The number of amides is 1. The summed E-state index contributed by atoms with van der Waals surface area (Å²) in [6.07, 6.45) is 8.17. The van der Waals surface area contributed by atoms with Crippen LogP contribution in [0, 0.1) is 5.92 Å². The van der Waals surface area contributed by atoms with Gasteiger partial charge in [-0.1, -0.05) is 0 Å². The molecule has 1 aromatic heterocycles. The molecule has 140 valence electrons. The maximum absolute atomic E-state index is 12.8. The van der Waals surface area contributed by atoms with Crippen molar-refractivity contribution in [2.75, 3.05) is 33.2 Å². The van der Waals surface area contributed by atoms with E-state index in [-0.39, 0.29) is 11.8 Å². The Hall–Kier alpha value is -1.40. The molecule has 2 fully saturated rings. The van der Waals surface area contributed by atoms with E-state index in [0.717, 1.165) is 31.8 Å². The number of carbonyl (C=O) groups is 1. The number of nitrogens with zero attached hydrogens (tertiary/aromatic N) is 4. The fourth-order valence-corrected chi connectivity index (χ4v) is 4.31. The summed E-state index contributed by atoms with van der Waals surface area (Å²) in [4.78, 5) is 27.1. The Labute approximate surface area is 151 Å². The first-order chi connectivity index (χ1) is 12.0. The van der Waals surface area contributed by atoms with E-state index in [1.54, 1.807) is 12.4 Å². The van der Waals surface area contributed by atoms with E-state index in [9.17, 15) is 4.79 Å². The zero-order valence-electron chi connectivity index (χ0n) is 15.9. The molecule has 0 saturated carbocycles. The molecule has 2 aliphatic rings. The fourth-order valence-electron chi connectivity index (χ4n) is 4.31. The van der Waals surface area contributed by atoms with Crippen molar-refractivity contribution < 1.29 is 4.79 Å². The quantitative estimate of drug-likeness (QED) is 0.885. The summed E-state index contributed by atoms with van der Waals surface area (Å²) in [5.74, 6) is 1.25. The number of hydrogen-bond donors (Lipinski definition) is 1. The van der Waals surface area contributed by atoms with Crippen molar-refractivity contribution in [1.29, 1.82) is 0 Å². The highest BCUT2D eigenvalue weighted by Crippen LogP contribution is 2.25. The molecule has 0 unspecified atom stereocenters. The maximum atomic E-state index is 12.8. The Bertz CT molecular complexity index is 536. The highest BCUT2D eigenvalue weighted by Gasteiger charge is 2.33. The Morgan fingerprint density at radius 1 is 1.32 bits per heavy atom. The second-order valence-electron chi connectivity index (χ2n) is 7.93. The summed E-state index contributed by atoms with van der Waals surface area (Å²) in [6, 6.07) is 1.30. The highest BCUT2D eigenvalue weighted by atomic mass is 16.2. The number of likely N-dealkylation sites (tertiary alicyclic amines) is 2. The number of piperidine rings is 2. The molecule has 6 heteroatoms. The topological polar surface area (TPSA) is 55.5 Å². The number of carbonyl (C=O) groups excluding carboxylic acids is 1. The van der Waals surface area contributed by atoms with Gasteiger partial charge in [-0.05, 0) is 59.2 Å². The number of rotatable bonds is 5. The van der Waals surface area contributed by atoms with E-state index in [0.29, 0.717) is 18.6 Å². The Kier molecular flexibility index (Phi) is 6.12. The van der Waals surface area contributed by atoms with Gasteiger partial charge in [-0.25, -0.2) is 4.98 Å². The van der Waals surface area contributed by atoms with Crippen molar-refractivity contribution in [3.05, 3.63) is 18.2 Å². The third kappa shape index (κ3) is 4.61. The molecular weight excluding hydrogens is 314 g/mol. The van der Waals surface area contributed by atoms with E-state index in [1.807, 2.05) is 11.9 Å². The van der Waals surface area contributed by atoms with Crippen LogP contribution in [0.3, 0.4) is 0 Å². The molecule has 0 aliphatic carbocycles. The maximum Gasteiger partial charge on any atom is 0.227 e. The minimum atomic E-state index is 0.136. The molecule has 0 radical (unpaired) electrons. The molecule has 2 aliphatic heterocycles. The van der Waals surface area contributed by atoms with Gasteiger partial charge in [0.25, 0.3) is 0 Å². The molecule has 1 atom stereocenters. The smallest absolute Gasteiger partial charge is 0.227 e. The number of aromatic nitrogens is 2. The molecule has 0 bridgehead atoms. The van der Waals surface area contributed by atoms with Crippen molar-refractivity contribution >= 4 is 5.91 Å². The molecular formula is C19H33N5O. The Balaban J connectivity index is 1.51. The summed E-state index contributed by atoms with van der Waals surface area (Å²) in [6.45, 7) is 9.59. The summed E-state index contributed by atoms with van der Waals surface area (Å²) < 4.78 is 0. The zero-order valence-corrected chi connectivity index (χ0v) is 15.9. The van der Waals surface area contributed by atoms with Crippen LogP contribution in [0.15, 0.2) is 12.4 Å². The lowest BCUT2D eigenvalue weighted by atomic mass is 9.92. The highest BCUT2D eigenvalue weighted by molar-refractivity contribution is 5.78. The van der Waals surface area contributed by atoms with E-state index in [4.69, 9.17) is 0 Å². The van der Waals surface area contributed by atoms with Gasteiger partial charge in [0.1, 0.15) is 5.82 Å². The zero-order chi connectivity index (χ0) is 17.8. The first-order valence-electron chi connectivity index (χ1n) is 9.76. The van der Waals surface area contributed by atoms with Gasteiger partial charge >= 0.3 is 0 Å². The van der Waals surface area contributed by atoms with E-state index < -0.39 is 0 Å². The third-order valence-electron chi connectivity index (χ3n) is 5.87. The number of imidazole rings is 1. The SMILES string of the molecule is CC(C)N1CCC(N2CCC[C@@H](C(=O)N(C)Cc3ncc[nH]3)C2)CC1. The molecule has 2 saturated heterocycles. The first-order valence-corrected chi connectivity index (χ1v) is 9.76. The lowest BCUT2D eigenvalue weighted by Gasteiger charge is -2.43. The van der Waals surface area contributed by atoms with Crippen molar-refractivity contribution in [1.82, 2.24) is 24.7 Å². The van der Waals surface area contributed by atoms with Gasteiger partial charge in [-0.3, -0.25) is 9.69 Å². The first kappa shape index (κ1) is 18.4. The van der Waals surface area contributed by atoms with Crippen molar-refractivity contribution in [2.24, 2.45) is 5.92 Å². The van der Waals surface area contributed by atoms with E-state index in [2.05, 4.69) is 33.6 Å². The molecule has 1 aromatic rings. The molecule has 0 spiro atoms. The molecule has 3 rings (SSSR count). The van der Waals surface area contributed by atoms with Gasteiger partial charge in [0.2, 0.25) is 5.91 Å². The number of H-pyrrole nitrogens is 1. The summed E-state index contributed by atoms with van der Waals surface area (Å²) in [7, 11) is 1.89. The van der Waals surface area contributed by atoms with Crippen LogP contribution in [0.25, 0.3) is 0 Å². The minimum Gasteiger partial charge on any atom is -0.347 e. The molecule has 0 aromatic carbocycles. The van der Waals surface area contributed by atoms with Gasteiger partial charge in [-0.2, -0.15) is 0 Å². The van der Waals surface area contributed by atoms with Crippen LogP contribution < -0.4 is 0 Å². The van der Waals surface area contributed by atoms with Crippen LogP contribution >= 0.6 is 0 Å². The summed E-state index contributed by atoms with van der Waals surface area (Å²) >= 11 is 0. The van der Waals surface area contributed by atoms with Gasteiger partial charge in [0.05, 0.1) is 12.5 Å². The fraction of sp³-hybridized carbons (Fsp3) is 0.789. The van der Waals surface area contributed by atoms with Gasteiger partial charge in [0, 0.05) is 38.1 Å². The lowest BCUT2D eigenvalue weighted by molar-refractivity contribution is -0.137. The number of nitrogens with one attached hydrogen (secondary N) is 1. The molecule has 25 heavy (non-hydrogen) atoms. The van der Waals surface area contributed by atoms with Crippen LogP contribution in [-0.4, -0.2) is 75.9 Å². The second kappa shape index (κ2) is 8.32. The van der Waals surface area contributed by atoms with Gasteiger partial charge in [-0.15, -0.1) is 0 Å². The molecule has 1 N–H and O–H groups in total. The van der Waals surface area contributed by atoms with Gasteiger partial charge in [0.15, 0.2) is 0 Å². The second-order valence-corrected chi connectivity index (χ2v) is 7.93. The summed E-state index contributed by atoms with van der Waals surface area (Å²) in [5, 5.41) is 0. The van der Waals surface area contributed by atoms with Crippen molar-refractivity contribution in [2.45, 2.75) is 58.2 Å². The monoisotopic (exact) mass is 347 g/mol. The third-order valence-corrected chi connectivity index (χ3v) is 5.87. The molecule has 6 nitrogen and oxygen atoms in total. The molecule has 3 heterocycles. The standard InChI is InChI=1S/C19H33N5O/c1-15(2)23-11-6-17(7-12-23)24-10-4-5-16(13-24)19(25)22(3)14-18-20-8-9-21-18/h8-9,15-17H,4-7,10-14H2,1-3H3,(H,20,21)/t16-/m1/s1. The van der Waals surface area contributed by atoms with Crippen LogP contribution in [0.4, 0.5) is 0 Å².